The van der Waals surface area contributed by atoms with E-state index in [0.29, 0.717) is 42.5 Å². The lowest BCUT2D eigenvalue weighted by Gasteiger charge is -2.34. The average Bonchev–Trinajstić information content (AvgIpc) is 2.79. The number of amides is 2. The summed E-state index contributed by atoms with van der Waals surface area (Å²) >= 11 is 0. The minimum absolute atomic E-state index is 0.0849. The zero-order valence-electron chi connectivity index (χ0n) is 18.3. The predicted molar refractivity (Wildman–Crippen MR) is 114 cm³/mol. The first-order chi connectivity index (χ1) is 14.9. The van der Waals surface area contributed by atoms with Crippen molar-refractivity contribution in [2.75, 3.05) is 26.2 Å². The number of piperidine rings is 1. The van der Waals surface area contributed by atoms with Gasteiger partial charge in [-0.15, -0.1) is 0 Å². The van der Waals surface area contributed by atoms with E-state index in [9.17, 15) is 14.0 Å². The normalized spacial score (nSPS) is 16.1. The lowest BCUT2D eigenvalue weighted by atomic mass is 10.0. The van der Waals surface area contributed by atoms with Gasteiger partial charge in [-0.25, -0.2) is 14.4 Å². The number of hydrogen-bond donors (Lipinski definition) is 0. The summed E-state index contributed by atoms with van der Waals surface area (Å²) in [6.45, 7) is 7.37. The van der Waals surface area contributed by atoms with E-state index in [2.05, 4.69) is 9.97 Å². The molecule has 0 radical (unpaired) electrons. The molecule has 0 N–H and O–H groups in total. The van der Waals surface area contributed by atoms with Gasteiger partial charge in [-0.1, -0.05) is 0 Å². The highest BCUT2D eigenvalue weighted by Gasteiger charge is 2.31. The lowest BCUT2D eigenvalue weighted by molar-refractivity contribution is -0.137. The van der Waals surface area contributed by atoms with Crippen LogP contribution in [0.5, 0.6) is 5.75 Å². The number of aryl methyl sites for hydroxylation is 1. The summed E-state index contributed by atoms with van der Waals surface area (Å²) in [5.41, 5.74) is 1.10. The van der Waals surface area contributed by atoms with Gasteiger partial charge < -0.3 is 14.5 Å². The second-order valence-corrected chi connectivity index (χ2v) is 7.55. The van der Waals surface area contributed by atoms with Gasteiger partial charge in [0.1, 0.15) is 11.6 Å². The van der Waals surface area contributed by atoms with Crippen LogP contribution in [0.3, 0.4) is 0 Å². The van der Waals surface area contributed by atoms with Gasteiger partial charge >= 0.3 is 0 Å². The number of halogens is 1. The SMILES string of the molecule is CCN(CC)C(=O)c1cnc([C@@H]2CCCCN2C(=O)COc2ccc(F)cc2)nc1C. The molecule has 2 aromatic rings. The Kier molecular flexibility index (Phi) is 7.55. The van der Waals surface area contributed by atoms with Crippen molar-refractivity contribution in [3.63, 3.8) is 0 Å². The van der Waals surface area contributed by atoms with E-state index >= 15 is 0 Å². The van der Waals surface area contributed by atoms with Crippen LogP contribution in [-0.2, 0) is 4.79 Å². The Bertz CT molecular complexity index is 916. The van der Waals surface area contributed by atoms with E-state index in [1.807, 2.05) is 13.8 Å². The molecule has 1 aromatic carbocycles. The molecule has 0 unspecified atom stereocenters. The first kappa shape index (κ1) is 22.7. The van der Waals surface area contributed by atoms with Gasteiger partial charge in [-0.05, 0) is 64.3 Å². The lowest BCUT2D eigenvalue weighted by Crippen LogP contribution is -2.42. The number of likely N-dealkylation sites (tertiary alicyclic amines) is 1. The summed E-state index contributed by atoms with van der Waals surface area (Å²) in [6, 6.07) is 5.32. The molecule has 1 aliphatic rings. The Morgan fingerprint density at radius 1 is 1.19 bits per heavy atom. The largest absolute Gasteiger partial charge is 0.484 e. The molecule has 0 spiro atoms. The first-order valence-corrected chi connectivity index (χ1v) is 10.7. The molecule has 1 aliphatic heterocycles. The van der Waals surface area contributed by atoms with Crippen molar-refractivity contribution in [2.24, 2.45) is 0 Å². The fourth-order valence-corrected chi connectivity index (χ4v) is 3.79. The van der Waals surface area contributed by atoms with Crippen LogP contribution in [0.25, 0.3) is 0 Å². The van der Waals surface area contributed by atoms with Crippen LogP contribution < -0.4 is 4.74 Å². The molecule has 0 aliphatic carbocycles. The molecular weight excluding hydrogens is 399 g/mol. The summed E-state index contributed by atoms with van der Waals surface area (Å²) in [4.78, 5) is 38.1. The fraction of sp³-hybridized carbons (Fsp3) is 0.478. The molecule has 7 nitrogen and oxygen atoms in total. The van der Waals surface area contributed by atoms with Crippen molar-refractivity contribution in [2.45, 2.75) is 46.1 Å². The molecular formula is C23H29FN4O3. The fourth-order valence-electron chi connectivity index (χ4n) is 3.79. The molecule has 1 atom stereocenters. The molecule has 1 saturated heterocycles. The van der Waals surface area contributed by atoms with Crippen LogP contribution in [0, 0.1) is 12.7 Å². The minimum atomic E-state index is -0.356. The number of aromatic nitrogens is 2. The van der Waals surface area contributed by atoms with Crippen LogP contribution in [0.1, 0.15) is 61.0 Å². The van der Waals surface area contributed by atoms with Crippen LogP contribution in [0.15, 0.2) is 30.5 Å². The Morgan fingerprint density at radius 2 is 1.90 bits per heavy atom. The second-order valence-electron chi connectivity index (χ2n) is 7.55. The Morgan fingerprint density at radius 3 is 2.55 bits per heavy atom. The molecule has 166 valence electrons. The van der Waals surface area contributed by atoms with E-state index in [4.69, 9.17) is 4.74 Å². The molecule has 1 aromatic heterocycles. The van der Waals surface area contributed by atoms with Crippen LogP contribution in [-0.4, -0.2) is 57.8 Å². The molecule has 8 heteroatoms. The Hall–Kier alpha value is -3.03. The summed E-state index contributed by atoms with van der Waals surface area (Å²) < 4.78 is 18.6. The predicted octanol–water partition coefficient (Wildman–Crippen LogP) is 3.54. The number of nitrogens with zero attached hydrogens (tertiary/aromatic N) is 4. The van der Waals surface area contributed by atoms with Gasteiger partial charge in [0.2, 0.25) is 0 Å². The van der Waals surface area contributed by atoms with Crippen molar-refractivity contribution >= 4 is 11.8 Å². The summed E-state index contributed by atoms with van der Waals surface area (Å²) in [6.07, 6.45) is 4.20. The maximum Gasteiger partial charge on any atom is 0.261 e. The Labute approximate surface area is 182 Å². The van der Waals surface area contributed by atoms with Crippen LogP contribution in [0.2, 0.25) is 0 Å². The summed E-state index contributed by atoms with van der Waals surface area (Å²) in [5.74, 6) is 0.375. The third-order valence-electron chi connectivity index (χ3n) is 5.58. The average molecular weight is 429 g/mol. The van der Waals surface area contributed by atoms with Gasteiger partial charge in [0.05, 0.1) is 17.3 Å². The van der Waals surface area contributed by atoms with E-state index in [1.165, 1.54) is 24.3 Å². The maximum absolute atomic E-state index is 13.0. The minimum Gasteiger partial charge on any atom is -0.484 e. The molecule has 2 amide bonds. The number of carbonyl (C=O) groups excluding carboxylic acids is 2. The van der Waals surface area contributed by atoms with E-state index in [1.54, 1.807) is 22.9 Å². The van der Waals surface area contributed by atoms with E-state index in [0.717, 1.165) is 19.3 Å². The summed E-state index contributed by atoms with van der Waals surface area (Å²) in [5, 5.41) is 0. The van der Waals surface area contributed by atoms with Crippen LogP contribution >= 0.6 is 0 Å². The maximum atomic E-state index is 13.0. The monoisotopic (exact) mass is 428 g/mol. The molecule has 1 fully saturated rings. The van der Waals surface area contributed by atoms with E-state index in [-0.39, 0.29) is 30.3 Å². The topological polar surface area (TPSA) is 75.6 Å². The third kappa shape index (κ3) is 5.37. The van der Waals surface area contributed by atoms with Gasteiger partial charge in [-0.3, -0.25) is 9.59 Å². The number of ether oxygens (including phenoxy) is 1. The third-order valence-corrected chi connectivity index (χ3v) is 5.58. The quantitative estimate of drug-likeness (QED) is 0.674. The highest BCUT2D eigenvalue weighted by molar-refractivity contribution is 5.94. The van der Waals surface area contributed by atoms with Gasteiger partial charge in [0, 0.05) is 25.8 Å². The number of carbonyl (C=O) groups is 2. The Balaban J connectivity index is 1.73. The van der Waals surface area contributed by atoms with Crippen molar-refractivity contribution in [3.05, 3.63) is 53.4 Å². The molecule has 31 heavy (non-hydrogen) atoms. The highest BCUT2D eigenvalue weighted by atomic mass is 19.1. The molecule has 3 rings (SSSR count). The zero-order valence-corrected chi connectivity index (χ0v) is 18.3. The van der Waals surface area contributed by atoms with E-state index < -0.39 is 0 Å². The highest BCUT2D eigenvalue weighted by Crippen LogP contribution is 2.29. The molecule has 0 bridgehead atoms. The van der Waals surface area contributed by atoms with Gasteiger partial charge in [0.25, 0.3) is 11.8 Å². The van der Waals surface area contributed by atoms with Crippen molar-refractivity contribution in [3.8, 4) is 5.75 Å². The van der Waals surface area contributed by atoms with Gasteiger partial charge in [0.15, 0.2) is 12.4 Å². The van der Waals surface area contributed by atoms with Crippen molar-refractivity contribution < 1.29 is 18.7 Å². The zero-order chi connectivity index (χ0) is 22.4. The summed E-state index contributed by atoms with van der Waals surface area (Å²) in [7, 11) is 0. The van der Waals surface area contributed by atoms with Crippen LogP contribution in [0.4, 0.5) is 4.39 Å². The number of benzene rings is 1. The van der Waals surface area contributed by atoms with Gasteiger partial charge in [-0.2, -0.15) is 0 Å². The number of hydrogen-bond acceptors (Lipinski definition) is 5. The molecule has 0 saturated carbocycles. The number of rotatable bonds is 7. The first-order valence-electron chi connectivity index (χ1n) is 10.7. The second kappa shape index (κ2) is 10.3. The van der Waals surface area contributed by atoms with Crippen molar-refractivity contribution in [1.29, 1.82) is 0 Å². The standard InChI is InChI=1S/C23H29FN4O3/c1-4-27(5-2)23(30)19-14-25-22(26-16(19)3)20-8-6-7-13-28(20)21(29)15-31-18-11-9-17(24)10-12-18/h9-12,14,20H,4-8,13,15H2,1-3H3/t20-/m0/s1. The van der Waals surface area contributed by atoms with Crippen molar-refractivity contribution in [1.82, 2.24) is 19.8 Å². The smallest absolute Gasteiger partial charge is 0.261 e. The molecule has 2 heterocycles.